The van der Waals surface area contributed by atoms with E-state index in [0.717, 1.165) is 37.8 Å². The van der Waals surface area contributed by atoms with Gasteiger partial charge in [-0.3, -0.25) is 0 Å². The third kappa shape index (κ3) is 7.53. The van der Waals surface area contributed by atoms with Crippen LogP contribution in [-0.2, 0) is 9.47 Å². The van der Waals surface area contributed by atoms with Gasteiger partial charge in [0.2, 0.25) is 0 Å². The van der Waals surface area contributed by atoms with Crippen LogP contribution in [0.2, 0.25) is 0 Å². The number of ether oxygens (including phenoxy) is 2. The van der Waals surface area contributed by atoms with Crippen LogP contribution in [0.25, 0.3) is 0 Å². The lowest BCUT2D eigenvalue weighted by atomic mass is 10.4. The van der Waals surface area contributed by atoms with E-state index in [4.69, 9.17) is 21.7 Å². The molecule has 0 amide bonds. The van der Waals surface area contributed by atoms with Crippen molar-refractivity contribution in [2.45, 2.75) is 13.3 Å². The van der Waals surface area contributed by atoms with Crippen LogP contribution in [0.1, 0.15) is 13.3 Å². The van der Waals surface area contributed by atoms with Gasteiger partial charge in [0.1, 0.15) is 0 Å². The van der Waals surface area contributed by atoms with Gasteiger partial charge in [0, 0.05) is 40.5 Å². The summed E-state index contributed by atoms with van der Waals surface area (Å²) in [5.41, 5.74) is 0. The molecule has 0 unspecified atom stereocenters. The Morgan fingerprint density at radius 1 is 1.20 bits per heavy atom. The first-order valence-corrected chi connectivity index (χ1v) is 5.67. The first kappa shape index (κ1) is 14.6. The molecule has 0 spiro atoms. The number of nitrogens with one attached hydrogen (secondary N) is 1. The maximum Gasteiger partial charge on any atom is 0.169 e. The molecule has 0 aliphatic heterocycles. The third-order valence-corrected chi connectivity index (χ3v) is 2.36. The Balaban J connectivity index is 3.87. The topological polar surface area (TPSA) is 33.7 Å². The lowest BCUT2D eigenvalue weighted by molar-refractivity contribution is 0.160. The predicted octanol–water partition coefficient (Wildman–Crippen LogP) is 0.866. The molecule has 0 aromatic carbocycles. The van der Waals surface area contributed by atoms with Crippen LogP contribution >= 0.6 is 12.2 Å². The summed E-state index contributed by atoms with van der Waals surface area (Å²) < 4.78 is 10.1. The molecule has 0 bridgehead atoms. The molecular weight excluding hydrogens is 212 g/mol. The van der Waals surface area contributed by atoms with Gasteiger partial charge in [-0.25, -0.2) is 0 Å². The first-order valence-electron chi connectivity index (χ1n) is 5.26. The van der Waals surface area contributed by atoms with Crippen LogP contribution in [0.5, 0.6) is 0 Å². The summed E-state index contributed by atoms with van der Waals surface area (Å²) in [6.45, 7) is 6.08. The predicted molar refractivity (Wildman–Crippen MR) is 66.2 cm³/mol. The lowest BCUT2D eigenvalue weighted by Crippen LogP contribution is -2.42. The number of nitrogens with zero attached hydrogens (tertiary/aromatic N) is 1. The summed E-state index contributed by atoms with van der Waals surface area (Å²) in [4.78, 5) is 2.11. The van der Waals surface area contributed by atoms with E-state index in [0.29, 0.717) is 6.61 Å². The van der Waals surface area contributed by atoms with Gasteiger partial charge >= 0.3 is 0 Å². The zero-order chi connectivity index (χ0) is 11.5. The Kier molecular flexibility index (Phi) is 9.88. The fourth-order valence-electron chi connectivity index (χ4n) is 1.18. The minimum Gasteiger partial charge on any atom is -0.385 e. The molecule has 90 valence electrons. The molecule has 1 N–H and O–H groups in total. The van der Waals surface area contributed by atoms with Crippen molar-refractivity contribution in [3.05, 3.63) is 0 Å². The molecule has 0 aliphatic rings. The van der Waals surface area contributed by atoms with E-state index in [2.05, 4.69) is 10.2 Å². The molecule has 4 nitrogen and oxygen atoms in total. The highest BCUT2D eigenvalue weighted by molar-refractivity contribution is 7.80. The van der Waals surface area contributed by atoms with Gasteiger partial charge in [0.05, 0.1) is 6.61 Å². The summed E-state index contributed by atoms with van der Waals surface area (Å²) in [6.07, 6.45) is 0.978. The molecule has 0 rings (SSSR count). The van der Waals surface area contributed by atoms with Gasteiger partial charge in [-0.1, -0.05) is 0 Å². The van der Waals surface area contributed by atoms with Gasteiger partial charge in [0.25, 0.3) is 0 Å². The highest BCUT2D eigenvalue weighted by atomic mass is 32.1. The average molecular weight is 234 g/mol. The standard InChI is InChI=1S/C10H22N2O2S/c1-4-11-10(15)12(7-9-14-3)6-5-8-13-2/h4-9H2,1-3H3,(H,11,15). The van der Waals surface area contributed by atoms with E-state index >= 15 is 0 Å². The molecule has 0 fully saturated rings. The van der Waals surface area contributed by atoms with Crippen LogP contribution in [0.15, 0.2) is 0 Å². The highest BCUT2D eigenvalue weighted by Crippen LogP contribution is 1.94. The van der Waals surface area contributed by atoms with Crippen LogP contribution in [-0.4, -0.2) is 57.1 Å². The quantitative estimate of drug-likeness (QED) is 0.498. The van der Waals surface area contributed by atoms with Crippen molar-refractivity contribution < 1.29 is 9.47 Å². The first-order chi connectivity index (χ1) is 7.26. The van der Waals surface area contributed by atoms with Crippen molar-refractivity contribution in [3.8, 4) is 0 Å². The zero-order valence-corrected chi connectivity index (χ0v) is 10.7. The maximum atomic E-state index is 5.26. The van der Waals surface area contributed by atoms with Crippen LogP contribution < -0.4 is 5.32 Å². The van der Waals surface area contributed by atoms with Gasteiger partial charge in [-0.2, -0.15) is 0 Å². The summed E-state index contributed by atoms with van der Waals surface area (Å²) in [7, 11) is 3.41. The second-order valence-electron chi connectivity index (χ2n) is 3.16. The molecular formula is C10H22N2O2S. The summed E-state index contributed by atoms with van der Waals surface area (Å²) in [5.74, 6) is 0. The fourth-order valence-corrected chi connectivity index (χ4v) is 1.51. The number of rotatable bonds is 8. The molecule has 0 heterocycles. The van der Waals surface area contributed by atoms with Crippen molar-refractivity contribution >= 4 is 17.3 Å². The monoisotopic (exact) mass is 234 g/mol. The van der Waals surface area contributed by atoms with Crippen molar-refractivity contribution in [1.82, 2.24) is 10.2 Å². The molecule has 0 aromatic rings. The van der Waals surface area contributed by atoms with Gasteiger partial charge in [0.15, 0.2) is 5.11 Å². The lowest BCUT2D eigenvalue weighted by Gasteiger charge is -2.25. The van der Waals surface area contributed by atoms with E-state index in [1.54, 1.807) is 14.2 Å². The minimum atomic E-state index is 0.693. The normalized spacial score (nSPS) is 10.1. The van der Waals surface area contributed by atoms with E-state index < -0.39 is 0 Å². The van der Waals surface area contributed by atoms with Crippen molar-refractivity contribution in [2.24, 2.45) is 0 Å². The Morgan fingerprint density at radius 2 is 1.87 bits per heavy atom. The number of methoxy groups -OCH3 is 2. The molecule has 0 saturated heterocycles. The fraction of sp³-hybridized carbons (Fsp3) is 0.900. The Morgan fingerprint density at radius 3 is 2.40 bits per heavy atom. The zero-order valence-electron chi connectivity index (χ0n) is 9.91. The molecule has 0 aromatic heterocycles. The molecule has 15 heavy (non-hydrogen) atoms. The van der Waals surface area contributed by atoms with Crippen LogP contribution in [0.3, 0.4) is 0 Å². The number of hydrogen-bond acceptors (Lipinski definition) is 3. The van der Waals surface area contributed by atoms with Gasteiger partial charge < -0.3 is 19.7 Å². The van der Waals surface area contributed by atoms with E-state index in [1.165, 1.54) is 0 Å². The number of thiocarbonyl (C=S) groups is 1. The molecule has 0 aliphatic carbocycles. The van der Waals surface area contributed by atoms with E-state index in [1.807, 2.05) is 6.92 Å². The average Bonchev–Trinajstić information content (AvgIpc) is 2.23. The van der Waals surface area contributed by atoms with Crippen molar-refractivity contribution in [2.75, 3.05) is 47.1 Å². The number of hydrogen-bond donors (Lipinski definition) is 1. The third-order valence-electron chi connectivity index (χ3n) is 1.96. The molecule has 0 atom stereocenters. The molecule has 0 radical (unpaired) electrons. The molecule has 0 saturated carbocycles. The van der Waals surface area contributed by atoms with Gasteiger partial charge in [-0.05, 0) is 25.6 Å². The SMILES string of the molecule is CCNC(=S)N(CCCOC)CCOC. The minimum absolute atomic E-state index is 0.693. The van der Waals surface area contributed by atoms with Crippen LogP contribution in [0.4, 0.5) is 0 Å². The summed E-state index contributed by atoms with van der Waals surface area (Å²) in [5, 5.41) is 3.94. The van der Waals surface area contributed by atoms with E-state index in [-0.39, 0.29) is 0 Å². The second-order valence-corrected chi connectivity index (χ2v) is 3.55. The maximum absolute atomic E-state index is 5.26. The van der Waals surface area contributed by atoms with E-state index in [9.17, 15) is 0 Å². The Hall–Kier alpha value is -0.390. The summed E-state index contributed by atoms with van der Waals surface area (Å²) in [6, 6.07) is 0. The smallest absolute Gasteiger partial charge is 0.169 e. The Bertz CT molecular complexity index is 168. The highest BCUT2D eigenvalue weighted by Gasteiger charge is 2.07. The van der Waals surface area contributed by atoms with Crippen LogP contribution in [0, 0.1) is 0 Å². The molecule has 5 heteroatoms. The largest absolute Gasteiger partial charge is 0.385 e. The van der Waals surface area contributed by atoms with Crippen molar-refractivity contribution in [3.63, 3.8) is 0 Å². The Labute approximate surface area is 97.9 Å². The van der Waals surface area contributed by atoms with Gasteiger partial charge in [-0.15, -0.1) is 0 Å². The second kappa shape index (κ2) is 10.1. The van der Waals surface area contributed by atoms with Crippen molar-refractivity contribution in [1.29, 1.82) is 0 Å². The summed E-state index contributed by atoms with van der Waals surface area (Å²) >= 11 is 5.26.